The quantitative estimate of drug-likeness (QED) is 0.736. The summed E-state index contributed by atoms with van der Waals surface area (Å²) in [4.78, 5) is 3.49. The van der Waals surface area contributed by atoms with E-state index in [1.54, 1.807) is 0 Å². The van der Waals surface area contributed by atoms with E-state index in [2.05, 4.69) is 10.3 Å². The summed E-state index contributed by atoms with van der Waals surface area (Å²) in [6.45, 7) is -0.0327. The predicted molar refractivity (Wildman–Crippen MR) is 54.1 cm³/mol. The zero-order chi connectivity index (χ0) is 13.1. The van der Waals surface area contributed by atoms with Crippen molar-refractivity contribution >= 4 is 0 Å². The molecule has 1 rings (SSSR count). The van der Waals surface area contributed by atoms with E-state index in [0.717, 1.165) is 18.3 Å². The van der Waals surface area contributed by atoms with Crippen LogP contribution in [0.25, 0.3) is 0 Å². The summed E-state index contributed by atoms with van der Waals surface area (Å²) in [7, 11) is 1.51. The van der Waals surface area contributed by atoms with Crippen molar-refractivity contribution in [3.05, 3.63) is 29.6 Å². The van der Waals surface area contributed by atoms with Gasteiger partial charge in [0.25, 0.3) is 0 Å². The summed E-state index contributed by atoms with van der Waals surface area (Å²) < 4.78 is 37.8. The third-order valence-corrected chi connectivity index (χ3v) is 2.20. The molecule has 0 aliphatic carbocycles. The number of likely N-dealkylation sites (N-methyl/N-ethyl adjacent to an activating group) is 1. The third-order valence-electron chi connectivity index (χ3n) is 2.20. The van der Waals surface area contributed by atoms with Gasteiger partial charge in [-0.25, -0.2) is 0 Å². The normalized spacial score (nSPS) is 15.6. The van der Waals surface area contributed by atoms with Crippen LogP contribution < -0.4 is 5.32 Å². The summed E-state index contributed by atoms with van der Waals surface area (Å²) in [5.41, 5.74) is -1.61. The smallest absolute Gasteiger partial charge is 0.389 e. The molecule has 0 saturated carbocycles. The SMILES string of the molecule is CNCC(O)C(O)c1ncccc1C(F)(F)F. The number of aliphatic hydroxyl groups is 2. The number of aromatic nitrogens is 1. The molecule has 2 unspecified atom stereocenters. The van der Waals surface area contributed by atoms with Crippen molar-refractivity contribution in [2.24, 2.45) is 0 Å². The van der Waals surface area contributed by atoms with Gasteiger partial charge in [-0.2, -0.15) is 13.2 Å². The Labute approximate surface area is 96.1 Å². The van der Waals surface area contributed by atoms with Gasteiger partial charge in [0, 0.05) is 12.7 Å². The number of alkyl halides is 3. The maximum absolute atomic E-state index is 12.6. The highest BCUT2D eigenvalue weighted by Gasteiger charge is 2.37. The average Bonchev–Trinajstić information content (AvgIpc) is 2.27. The maximum Gasteiger partial charge on any atom is 0.418 e. The minimum Gasteiger partial charge on any atom is -0.389 e. The van der Waals surface area contributed by atoms with Gasteiger partial charge in [0.15, 0.2) is 0 Å². The number of aliphatic hydroxyl groups excluding tert-OH is 2. The minimum absolute atomic E-state index is 0.0327. The van der Waals surface area contributed by atoms with Crippen molar-refractivity contribution in [3.63, 3.8) is 0 Å². The van der Waals surface area contributed by atoms with Gasteiger partial charge in [-0.15, -0.1) is 0 Å². The van der Waals surface area contributed by atoms with Gasteiger partial charge in [0.05, 0.1) is 17.4 Å². The first-order valence-corrected chi connectivity index (χ1v) is 4.90. The topological polar surface area (TPSA) is 65.4 Å². The number of pyridine rings is 1. The van der Waals surface area contributed by atoms with E-state index < -0.39 is 29.6 Å². The van der Waals surface area contributed by atoms with E-state index in [1.165, 1.54) is 7.05 Å². The van der Waals surface area contributed by atoms with Crippen LogP contribution in [0.2, 0.25) is 0 Å². The van der Waals surface area contributed by atoms with Crippen LogP contribution in [0.4, 0.5) is 13.2 Å². The van der Waals surface area contributed by atoms with Crippen LogP contribution in [-0.4, -0.2) is 34.9 Å². The van der Waals surface area contributed by atoms with Crippen LogP contribution in [0, 0.1) is 0 Å². The van der Waals surface area contributed by atoms with Crippen molar-refractivity contribution in [2.45, 2.75) is 18.4 Å². The Morgan fingerprint density at radius 1 is 1.41 bits per heavy atom. The first-order valence-electron chi connectivity index (χ1n) is 4.90. The fourth-order valence-electron chi connectivity index (χ4n) is 1.40. The predicted octanol–water partition coefficient (Wildman–Crippen LogP) is 0.714. The highest BCUT2D eigenvalue weighted by atomic mass is 19.4. The van der Waals surface area contributed by atoms with Gasteiger partial charge in [0.2, 0.25) is 0 Å². The number of hydrogen-bond acceptors (Lipinski definition) is 4. The lowest BCUT2D eigenvalue weighted by atomic mass is 10.0. The number of nitrogens with one attached hydrogen (secondary N) is 1. The second kappa shape index (κ2) is 5.44. The molecule has 0 aliphatic rings. The van der Waals surface area contributed by atoms with Gasteiger partial charge < -0.3 is 15.5 Å². The molecule has 0 bridgehead atoms. The molecule has 1 heterocycles. The zero-order valence-corrected chi connectivity index (χ0v) is 9.07. The van der Waals surface area contributed by atoms with Crippen LogP contribution in [0.5, 0.6) is 0 Å². The molecular formula is C10H13F3N2O2. The molecule has 17 heavy (non-hydrogen) atoms. The van der Waals surface area contributed by atoms with Crippen molar-refractivity contribution < 1.29 is 23.4 Å². The van der Waals surface area contributed by atoms with Crippen LogP contribution >= 0.6 is 0 Å². The molecule has 1 aromatic rings. The van der Waals surface area contributed by atoms with E-state index in [9.17, 15) is 23.4 Å². The van der Waals surface area contributed by atoms with E-state index in [1.807, 2.05) is 0 Å². The van der Waals surface area contributed by atoms with Gasteiger partial charge >= 0.3 is 6.18 Å². The summed E-state index contributed by atoms with van der Waals surface area (Å²) >= 11 is 0. The molecule has 0 amide bonds. The summed E-state index contributed by atoms with van der Waals surface area (Å²) in [5.74, 6) is 0. The molecule has 0 aromatic carbocycles. The first kappa shape index (κ1) is 13.9. The second-order valence-electron chi connectivity index (χ2n) is 3.50. The Balaban J connectivity index is 3.05. The van der Waals surface area contributed by atoms with E-state index in [-0.39, 0.29) is 6.54 Å². The molecule has 3 N–H and O–H groups in total. The van der Waals surface area contributed by atoms with E-state index in [4.69, 9.17) is 0 Å². The summed E-state index contributed by atoms with van der Waals surface area (Å²) in [5, 5.41) is 21.6. The lowest BCUT2D eigenvalue weighted by Crippen LogP contribution is -2.31. The largest absolute Gasteiger partial charge is 0.418 e. The summed E-state index contributed by atoms with van der Waals surface area (Å²) in [6, 6.07) is 1.95. The molecule has 0 radical (unpaired) electrons. The van der Waals surface area contributed by atoms with Crippen LogP contribution in [0.3, 0.4) is 0 Å². The molecule has 1 aromatic heterocycles. The summed E-state index contributed by atoms with van der Waals surface area (Å²) in [6.07, 6.45) is -6.50. The molecule has 7 heteroatoms. The van der Waals surface area contributed by atoms with E-state index >= 15 is 0 Å². The van der Waals surface area contributed by atoms with Gasteiger partial charge in [-0.1, -0.05) is 0 Å². The molecule has 0 fully saturated rings. The Hall–Kier alpha value is -1.18. The molecule has 4 nitrogen and oxygen atoms in total. The number of halogens is 3. The number of nitrogens with zero attached hydrogens (tertiary/aromatic N) is 1. The molecule has 0 saturated heterocycles. The molecule has 0 aliphatic heterocycles. The van der Waals surface area contributed by atoms with Crippen molar-refractivity contribution in [2.75, 3.05) is 13.6 Å². The van der Waals surface area contributed by atoms with Crippen LogP contribution in [0.1, 0.15) is 17.4 Å². The highest BCUT2D eigenvalue weighted by molar-refractivity contribution is 5.25. The van der Waals surface area contributed by atoms with Gasteiger partial charge in [-0.3, -0.25) is 4.98 Å². The van der Waals surface area contributed by atoms with Crippen molar-refractivity contribution in [1.29, 1.82) is 0 Å². The van der Waals surface area contributed by atoms with Crippen LogP contribution in [-0.2, 0) is 6.18 Å². The van der Waals surface area contributed by atoms with Crippen LogP contribution in [0.15, 0.2) is 18.3 Å². The molecule has 0 spiro atoms. The minimum atomic E-state index is -4.61. The lowest BCUT2D eigenvalue weighted by molar-refractivity contribution is -0.140. The molecular weight excluding hydrogens is 237 g/mol. The highest BCUT2D eigenvalue weighted by Crippen LogP contribution is 2.34. The van der Waals surface area contributed by atoms with Gasteiger partial charge in [-0.05, 0) is 19.2 Å². The number of hydrogen-bond donors (Lipinski definition) is 3. The Bertz CT molecular complexity index is 371. The Morgan fingerprint density at radius 2 is 2.06 bits per heavy atom. The standard InChI is InChI=1S/C10H13F3N2O2/c1-14-5-7(16)9(17)8-6(10(11,12)13)3-2-4-15-8/h2-4,7,9,14,16-17H,5H2,1H3. The maximum atomic E-state index is 12.6. The van der Waals surface area contributed by atoms with Crippen molar-refractivity contribution in [3.8, 4) is 0 Å². The third kappa shape index (κ3) is 3.39. The lowest BCUT2D eigenvalue weighted by Gasteiger charge is -2.20. The van der Waals surface area contributed by atoms with Gasteiger partial charge in [0.1, 0.15) is 6.10 Å². The fraction of sp³-hybridized carbons (Fsp3) is 0.500. The second-order valence-corrected chi connectivity index (χ2v) is 3.50. The van der Waals surface area contributed by atoms with E-state index in [0.29, 0.717) is 0 Å². The monoisotopic (exact) mass is 250 g/mol. The first-order chi connectivity index (χ1) is 7.88. The number of rotatable bonds is 4. The average molecular weight is 250 g/mol. The molecule has 2 atom stereocenters. The Morgan fingerprint density at radius 3 is 2.59 bits per heavy atom. The zero-order valence-electron chi connectivity index (χ0n) is 9.07. The van der Waals surface area contributed by atoms with Crippen molar-refractivity contribution in [1.82, 2.24) is 10.3 Å². The fourth-order valence-corrected chi connectivity index (χ4v) is 1.40. The Kier molecular flexibility index (Phi) is 4.44. The molecule has 96 valence electrons.